The SMILES string of the molecule is COc1cccc(CSc2nnc3c(=O)n(-c4ccccc4)ccn23)c1. The van der Waals surface area contributed by atoms with Gasteiger partial charge in [0.1, 0.15) is 5.75 Å². The molecule has 6 nitrogen and oxygen atoms in total. The topological polar surface area (TPSA) is 61.4 Å². The Morgan fingerprint density at radius 1 is 1.04 bits per heavy atom. The third kappa shape index (κ3) is 3.09. The Kier molecular flexibility index (Phi) is 4.45. The van der Waals surface area contributed by atoms with Gasteiger partial charge in [-0.05, 0) is 29.8 Å². The highest BCUT2D eigenvalue weighted by molar-refractivity contribution is 7.98. The lowest BCUT2D eigenvalue weighted by Crippen LogP contribution is -2.20. The van der Waals surface area contributed by atoms with Gasteiger partial charge in [-0.1, -0.05) is 42.1 Å². The van der Waals surface area contributed by atoms with Gasteiger partial charge >= 0.3 is 5.56 Å². The van der Waals surface area contributed by atoms with E-state index in [-0.39, 0.29) is 5.56 Å². The first-order chi connectivity index (χ1) is 12.8. The smallest absolute Gasteiger partial charge is 0.300 e. The van der Waals surface area contributed by atoms with E-state index in [9.17, 15) is 4.79 Å². The Labute approximate surface area is 154 Å². The van der Waals surface area contributed by atoms with E-state index in [1.54, 1.807) is 22.3 Å². The van der Waals surface area contributed by atoms with E-state index in [0.717, 1.165) is 17.0 Å². The van der Waals surface area contributed by atoms with Gasteiger partial charge in [-0.2, -0.15) is 0 Å². The quantitative estimate of drug-likeness (QED) is 0.509. The van der Waals surface area contributed by atoms with Gasteiger partial charge in [-0.3, -0.25) is 13.8 Å². The number of benzene rings is 2. The third-order valence-electron chi connectivity index (χ3n) is 3.98. The molecule has 130 valence electrons. The summed E-state index contributed by atoms with van der Waals surface area (Å²) in [7, 11) is 1.65. The molecule has 4 aromatic rings. The zero-order chi connectivity index (χ0) is 17.9. The van der Waals surface area contributed by atoms with E-state index < -0.39 is 0 Å². The third-order valence-corrected chi connectivity index (χ3v) is 4.99. The van der Waals surface area contributed by atoms with Crippen LogP contribution in [0.15, 0.2) is 76.9 Å². The van der Waals surface area contributed by atoms with Crippen LogP contribution < -0.4 is 10.3 Å². The van der Waals surface area contributed by atoms with E-state index in [4.69, 9.17) is 4.74 Å². The highest BCUT2D eigenvalue weighted by Crippen LogP contribution is 2.23. The van der Waals surface area contributed by atoms with Crippen LogP contribution in [0.3, 0.4) is 0 Å². The molecule has 0 radical (unpaired) electrons. The minimum atomic E-state index is -0.195. The molecule has 26 heavy (non-hydrogen) atoms. The number of nitrogens with zero attached hydrogens (tertiary/aromatic N) is 4. The first-order valence-corrected chi connectivity index (χ1v) is 9.02. The lowest BCUT2D eigenvalue weighted by atomic mass is 10.2. The summed E-state index contributed by atoms with van der Waals surface area (Å²) in [5, 5.41) is 8.95. The fourth-order valence-corrected chi connectivity index (χ4v) is 3.53. The van der Waals surface area contributed by atoms with Crippen LogP contribution in [0.4, 0.5) is 0 Å². The predicted octanol–water partition coefficient (Wildman–Crippen LogP) is 3.18. The number of para-hydroxylation sites is 1. The Morgan fingerprint density at radius 3 is 2.69 bits per heavy atom. The second-order valence-corrected chi connectivity index (χ2v) is 6.57. The lowest BCUT2D eigenvalue weighted by Gasteiger charge is -2.06. The van der Waals surface area contributed by atoms with Crippen LogP contribution in [-0.2, 0) is 5.75 Å². The molecule has 0 saturated carbocycles. The number of rotatable bonds is 5. The summed E-state index contributed by atoms with van der Waals surface area (Å²) in [5.74, 6) is 1.53. The van der Waals surface area contributed by atoms with Gasteiger partial charge in [-0.15, -0.1) is 10.2 Å². The standard InChI is InChI=1S/C19H16N4O2S/c1-25-16-9-5-6-14(12-16)13-26-19-21-20-17-18(24)22(10-11-23(17)19)15-7-3-2-4-8-15/h2-12H,13H2,1H3. The maximum Gasteiger partial charge on any atom is 0.300 e. The summed E-state index contributed by atoms with van der Waals surface area (Å²) in [4.78, 5) is 12.7. The van der Waals surface area contributed by atoms with Crippen LogP contribution in [0, 0.1) is 0 Å². The first kappa shape index (κ1) is 16.4. The van der Waals surface area contributed by atoms with Crippen molar-refractivity contribution in [2.24, 2.45) is 0 Å². The molecule has 2 aromatic heterocycles. The van der Waals surface area contributed by atoms with Crippen LogP contribution in [0.25, 0.3) is 11.3 Å². The van der Waals surface area contributed by atoms with Gasteiger partial charge < -0.3 is 4.74 Å². The van der Waals surface area contributed by atoms with E-state index >= 15 is 0 Å². The summed E-state index contributed by atoms with van der Waals surface area (Å²) in [6.45, 7) is 0. The zero-order valence-corrected chi connectivity index (χ0v) is 14.9. The maximum atomic E-state index is 12.7. The first-order valence-electron chi connectivity index (χ1n) is 8.04. The second-order valence-electron chi connectivity index (χ2n) is 5.63. The molecule has 2 heterocycles. The Bertz CT molecular complexity index is 1110. The molecule has 7 heteroatoms. The van der Waals surface area contributed by atoms with Crippen molar-refractivity contribution >= 4 is 17.4 Å². The largest absolute Gasteiger partial charge is 0.497 e. The van der Waals surface area contributed by atoms with E-state index in [2.05, 4.69) is 10.2 Å². The van der Waals surface area contributed by atoms with Crippen LogP contribution >= 0.6 is 11.8 Å². The number of ether oxygens (including phenoxy) is 1. The summed E-state index contributed by atoms with van der Waals surface area (Å²) < 4.78 is 8.55. The molecule has 0 amide bonds. The fraction of sp³-hybridized carbons (Fsp3) is 0.105. The summed E-state index contributed by atoms with van der Waals surface area (Å²) in [6, 6.07) is 17.3. The molecule has 4 rings (SSSR count). The molecule has 0 aliphatic carbocycles. The Hall–Kier alpha value is -3.06. The molecule has 0 saturated heterocycles. The van der Waals surface area contributed by atoms with Crippen molar-refractivity contribution in [3.63, 3.8) is 0 Å². The molecule has 0 spiro atoms. The van der Waals surface area contributed by atoms with Gasteiger partial charge in [-0.25, -0.2) is 0 Å². The molecule has 0 N–H and O–H groups in total. The summed E-state index contributed by atoms with van der Waals surface area (Å²) in [6.07, 6.45) is 3.56. The molecule has 0 aliphatic rings. The molecule has 0 aliphatic heterocycles. The van der Waals surface area contributed by atoms with Crippen LogP contribution in [0.1, 0.15) is 5.56 Å². The summed E-state index contributed by atoms with van der Waals surface area (Å²) >= 11 is 1.52. The fourth-order valence-electron chi connectivity index (χ4n) is 2.67. The van der Waals surface area contributed by atoms with E-state index in [0.29, 0.717) is 16.6 Å². The molecule has 0 atom stereocenters. The van der Waals surface area contributed by atoms with Gasteiger partial charge in [0.15, 0.2) is 5.16 Å². The maximum absolute atomic E-state index is 12.7. The second kappa shape index (κ2) is 7.05. The van der Waals surface area contributed by atoms with Gasteiger partial charge in [0.2, 0.25) is 5.65 Å². The highest BCUT2D eigenvalue weighted by atomic mass is 32.2. The molecule has 2 aromatic carbocycles. The molecule has 0 bridgehead atoms. The number of aromatic nitrogens is 4. The monoisotopic (exact) mass is 364 g/mol. The Balaban J connectivity index is 1.63. The molecular formula is C19H16N4O2S. The van der Waals surface area contributed by atoms with Crippen molar-refractivity contribution in [3.05, 3.63) is 82.9 Å². The van der Waals surface area contributed by atoms with Gasteiger partial charge in [0, 0.05) is 23.8 Å². The van der Waals surface area contributed by atoms with Crippen LogP contribution in [0.5, 0.6) is 5.75 Å². The normalized spacial score (nSPS) is 11.0. The number of hydrogen-bond acceptors (Lipinski definition) is 5. The molecule has 0 unspecified atom stereocenters. The van der Waals surface area contributed by atoms with Crippen molar-refractivity contribution in [2.75, 3.05) is 7.11 Å². The van der Waals surface area contributed by atoms with E-state index in [1.165, 1.54) is 11.8 Å². The number of hydrogen-bond donors (Lipinski definition) is 0. The number of fused-ring (bicyclic) bond motifs is 1. The van der Waals surface area contributed by atoms with Crippen LogP contribution in [0.2, 0.25) is 0 Å². The molecule has 0 fully saturated rings. The van der Waals surface area contributed by atoms with Crippen molar-refractivity contribution in [3.8, 4) is 11.4 Å². The van der Waals surface area contributed by atoms with E-state index in [1.807, 2.05) is 60.8 Å². The van der Waals surface area contributed by atoms with Crippen molar-refractivity contribution in [1.82, 2.24) is 19.2 Å². The van der Waals surface area contributed by atoms with Crippen molar-refractivity contribution < 1.29 is 4.74 Å². The average Bonchev–Trinajstić information content (AvgIpc) is 3.11. The number of methoxy groups -OCH3 is 1. The van der Waals surface area contributed by atoms with Gasteiger partial charge in [0.05, 0.1) is 7.11 Å². The van der Waals surface area contributed by atoms with Crippen LogP contribution in [-0.4, -0.2) is 26.3 Å². The zero-order valence-electron chi connectivity index (χ0n) is 14.1. The molecular weight excluding hydrogens is 348 g/mol. The summed E-state index contributed by atoms with van der Waals surface area (Å²) in [5.41, 5.74) is 2.03. The number of thioether (sulfide) groups is 1. The van der Waals surface area contributed by atoms with Crippen molar-refractivity contribution in [1.29, 1.82) is 0 Å². The Morgan fingerprint density at radius 2 is 1.88 bits per heavy atom. The average molecular weight is 364 g/mol. The van der Waals surface area contributed by atoms with Crippen molar-refractivity contribution in [2.45, 2.75) is 10.9 Å². The predicted molar refractivity (Wildman–Crippen MR) is 101 cm³/mol. The lowest BCUT2D eigenvalue weighted by molar-refractivity contribution is 0.414. The minimum absolute atomic E-state index is 0.195. The highest BCUT2D eigenvalue weighted by Gasteiger charge is 2.12. The minimum Gasteiger partial charge on any atom is -0.497 e. The van der Waals surface area contributed by atoms with Gasteiger partial charge in [0.25, 0.3) is 0 Å².